The number of hydrogen-bond donors (Lipinski definition) is 0. The van der Waals surface area contributed by atoms with Crippen molar-refractivity contribution in [3.8, 4) is 0 Å². The summed E-state index contributed by atoms with van der Waals surface area (Å²) in [4.78, 5) is 11.8. The SMILES string of the molecule is C/C1=C/C[C@]2(C)CCC(=O)C[C@H]2CC/C(C)=C\CC1. The second-order valence-corrected chi connectivity index (χ2v) is 6.98. The molecule has 1 nitrogen and oxygen atoms in total. The Kier molecular flexibility index (Phi) is 4.65. The first kappa shape index (κ1) is 14.6. The minimum atomic E-state index is 0.347. The van der Waals surface area contributed by atoms with E-state index in [4.69, 9.17) is 0 Å². The van der Waals surface area contributed by atoms with Crippen LogP contribution < -0.4 is 0 Å². The summed E-state index contributed by atoms with van der Waals surface area (Å²) < 4.78 is 0. The lowest BCUT2D eigenvalue weighted by Crippen LogP contribution is -2.34. The number of Topliss-reactive ketones (excluding diaryl/α,β-unsaturated/α-hetero) is 1. The standard InChI is InChI=1S/C18H28O/c1-14-5-4-6-15(2)9-11-18(3)12-10-17(19)13-16(18)8-7-14/h5,9,16H,4,6-8,10-13H2,1-3H3/b14-5-,15-9-/t16-,18-/m1/s1. The molecule has 0 saturated heterocycles. The molecule has 0 N–H and O–H groups in total. The number of ketones is 1. The average molecular weight is 260 g/mol. The van der Waals surface area contributed by atoms with Crippen LogP contribution >= 0.6 is 0 Å². The van der Waals surface area contributed by atoms with Crippen molar-refractivity contribution in [3.05, 3.63) is 23.3 Å². The number of fused-ring (bicyclic) bond motifs is 1. The van der Waals surface area contributed by atoms with Gasteiger partial charge in [0.2, 0.25) is 0 Å². The van der Waals surface area contributed by atoms with Crippen molar-refractivity contribution in [2.45, 2.75) is 72.1 Å². The first-order valence-corrected chi connectivity index (χ1v) is 7.82. The Morgan fingerprint density at radius 3 is 2.63 bits per heavy atom. The van der Waals surface area contributed by atoms with Gasteiger partial charge in [-0.1, -0.05) is 30.2 Å². The summed E-state index contributed by atoms with van der Waals surface area (Å²) in [5.41, 5.74) is 3.37. The zero-order chi connectivity index (χ0) is 13.9. The Morgan fingerprint density at radius 2 is 1.84 bits per heavy atom. The summed E-state index contributed by atoms with van der Waals surface area (Å²) in [5.74, 6) is 1.07. The predicted molar refractivity (Wildman–Crippen MR) is 81.1 cm³/mol. The van der Waals surface area contributed by atoms with E-state index >= 15 is 0 Å². The zero-order valence-electron chi connectivity index (χ0n) is 12.8. The summed E-state index contributed by atoms with van der Waals surface area (Å²) in [6.07, 6.45) is 13.4. The summed E-state index contributed by atoms with van der Waals surface area (Å²) >= 11 is 0. The summed E-state index contributed by atoms with van der Waals surface area (Å²) in [6, 6.07) is 0. The van der Waals surface area contributed by atoms with Crippen molar-refractivity contribution >= 4 is 5.78 Å². The molecular formula is C18H28O. The predicted octanol–water partition coefficient (Wildman–Crippen LogP) is 5.22. The van der Waals surface area contributed by atoms with Gasteiger partial charge in [-0.05, 0) is 63.7 Å². The lowest BCUT2D eigenvalue weighted by molar-refractivity contribution is -0.124. The third-order valence-corrected chi connectivity index (χ3v) is 5.27. The highest BCUT2D eigenvalue weighted by Gasteiger charge is 2.38. The highest BCUT2D eigenvalue weighted by molar-refractivity contribution is 5.79. The van der Waals surface area contributed by atoms with Crippen LogP contribution in [0.5, 0.6) is 0 Å². The molecule has 106 valence electrons. The number of carbonyl (C=O) groups is 1. The van der Waals surface area contributed by atoms with Crippen LogP contribution in [0.2, 0.25) is 0 Å². The third kappa shape index (κ3) is 3.81. The minimum Gasteiger partial charge on any atom is -0.300 e. The van der Waals surface area contributed by atoms with Crippen LogP contribution in [0.3, 0.4) is 0 Å². The van der Waals surface area contributed by atoms with Crippen LogP contribution in [0, 0.1) is 11.3 Å². The molecule has 0 radical (unpaired) electrons. The van der Waals surface area contributed by atoms with E-state index in [9.17, 15) is 4.79 Å². The fraction of sp³-hybridized carbons (Fsp3) is 0.722. The topological polar surface area (TPSA) is 17.1 Å². The summed E-state index contributed by atoms with van der Waals surface area (Å²) in [6.45, 7) is 6.91. The van der Waals surface area contributed by atoms with E-state index in [1.54, 1.807) is 0 Å². The molecule has 1 heteroatoms. The van der Waals surface area contributed by atoms with Crippen molar-refractivity contribution < 1.29 is 4.79 Å². The highest BCUT2D eigenvalue weighted by Crippen LogP contribution is 2.45. The van der Waals surface area contributed by atoms with Crippen LogP contribution in [0.25, 0.3) is 0 Å². The maximum Gasteiger partial charge on any atom is 0.133 e. The van der Waals surface area contributed by atoms with E-state index in [1.807, 2.05) is 0 Å². The molecule has 0 spiro atoms. The maximum atomic E-state index is 11.8. The first-order valence-electron chi connectivity index (χ1n) is 7.82. The van der Waals surface area contributed by atoms with Crippen molar-refractivity contribution in [1.29, 1.82) is 0 Å². The van der Waals surface area contributed by atoms with Crippen LogP contribution in [0.4, 0.5) is 0 Å². The van der Waals surface area contributed by atoms with E-state index < -0.39 is 0 Å². The summed E-state index contributed by atoms with van der Waals surface area (Å²) in [7, 11) is 0. The quantitative estimate of drug-likeness (QED) is 0.546. The van der Waals surface area contributed by atoms with Crippen LogP contribution in [0.15, 0.2) is 23.3 Å². The third-order valence-electron chi connectivity index (χ3n) is 5.27. The molecule has 2 aliphatic carbocycles. The molecule has 0 bridgehead atoms. The Bertz CT molecular complexity index is 402. The normalized spacial score (nSPS) is 39.3. The Balaban J connectivity index is 2.20. The number of rotatable bonds is 0. The van der Waals surface area contributed by atoms with E-state index in [-0.39, 0.29) is 0 Å². The molecule has 0 aliphatic heterocycles. The second-order valence-electron chi connectivity index (χ2n) is 6.98. The van der Waals surface area contributed by atoms with Gasteiger partial charge >= 0.3 is 0 Å². The van der Waals surface area contributed by atoms with Gasteiger partial charge in [0.05, 0.1) is 0 Å². The molecule has 0 aromatic rings. The fourth-order valence-electron chi connectivity index (χ4n) is 3.53. The largest absolute Gasteiger partial charge is 0.300 e. The Morgan fingerprint density at radius 1 is 1.11 bits per heavy atom. The second kappa shape index (κ2) is 6.07. The van der Waals surface area contributed by atoms with Gasteiger partial charge in [-0.25, -0.2) is 0 Å². The highest BCUT2D eigenvalue weighted by atomic mass is 16.1. The number of carbonyl (C=O) groups excluding carboxylic acids is 1. The van der Waals surface area contributed by atoms with Gasteiger partial charge in [0.1, 0.15) is 5.78 Å². The van der Waals surface area contributed by atoms with Crippen molar-refractivity contribution in [2.75, 3.05) is 0 Å². The van der Waals surface area contributed by atoms with Gasteiger partial charge < -0.3 is 0 Å². The lowest BCUT2D eigenvalue weighted by atomic mass is 9.63. The van der Waals surface area contributed by atoms with Gasteiger partial charge in [0.25, 0.3) is 0 Å². The van der Waals surface area contributed by atoms with E-state index in [2.05, 4.69) is 32.9 Å². The molecule has 0 aromatic heterocycles. The minimum absolute atomic E-state index is 0.347. The molecule has 2 atom stereocenters. The molecule has 0 heterocycles. The zero-order valence-corrected chi connectivity index (χ0v) is 12.8. The molecule has 0 amide bonds. The van der Waals surface area contributed by atoms with E-state index in [0.29, 0.717) is 17.1 Å². The van der Waals surface area contributed by atoms with Gasteiger partial charge in [-0.3, -0.25) is 4.79 Å². The molecular weight excluding hydrogens is 232 g/mol. The van der Waals surface area contributed by atoms with E-state index in [0.717, 1.165) is 25.7 Å². The Hall–Kier alpha value is -0.850. The van der Waals surface area contributed by atoms with Crippen molar-refractivity contribution in [1.82, 2.24) is 0 Å². The van der Waals surface area contributed by atoms with Crippen LogP contribution in [-0.2, 0) is 4.79 Å². The Labute approximate surface area is 118 Å². The van der Waals surface area contributed by atoms with Gasteiger partial charge in [0, 0.05) is 12.8 Å². The van der Waals surface area contributed by atoms with Gasteiger partial charge in [-0.15, -0.1) is 0 Å². The first-order chi connectivity index (χ1) is 8.99. The molecule has 2 aliphatic rings. The molecule has 2 rings (SSSR count). The van der Waals surface area contributed by atoms with E-state index in [1.165, 1.54) is 36.8 Å². The molecule has 19 heavy (non-hydrogen) atoms. The summed E-state index contributed by atoms with van der Waals surface area (Å²) in [5, 5.41) is 0. The monoisotopic (exact) mass is 260 g/mol. The lowest BCUT2D eigenvalue weighted by Gasteiger charge is -2.41. The van der Waals surface area contributed by atoms with Crippen molar-refractivity contribution in [2.24, 2.45) is 11.3 Å². The smallest absolute Gasteiger partial charge is 0.133 e. The number of allylic oxidation sites excluding steroid dienone is 4. The van der Waals surface area contributed by atoms with Crippen LogP contribution in [-0.4, -0.2) is 5.78 Å². The van der Waals surface area contributed by atoms with Gasteiger partial charge in [-0.2, -0.15) is 0 Å². The molecule has 0 aromatic carbocycles. The van der Waals surface area contributed by atoms with Crippen LogP contribution in [0.1, 0.15) is 72.1 Å². The van der Waals surface area contributed by atoms with Crippen molar-refractivity contribution in [3.63, 3.8) is 0 Å². The maximum absolute atomic E-state index is 11.8. The molecule has 1 saturated carbocycles. The number of hydrogen-bond acceptors (Lipinski definition) is 1. The average Bonchev–Trinajstić information content (AvgIpc) is 2.39. The molecule has 1 fully saturated rings. The van der Waals surface area contributed by atoms with Gasteiger partial charge in [0.15, 0.2) is 0 Å². The molecule has 0 unspecified atom stereocenters. The fourth-order valence-corrected chi connectivity index (χ4v) is 3.53.